The second-order valence-corrected chi connectivity index (χ2v) is 37.9. The number of alkyl carbamates (subject to hydrolysis) is 1. The van der Waals surface area contributed by atoms with Crippen molar-refractivity contribution in [2.45, 2.75) is 210 Å². The molecule has 0 bridgehead atoms. The maximum Gasteiger partial charge on any atom is 0.407 e. The van der Waals surface area contributed by atoms with Gasteiger partial charge in [-0.2, -0.15) is 0 Å². The number of H-pyrrole nitrogens is 2. The Morgan fingerprint density at radius 3 is 1.99 bits per heavy atom. The van der Waals surface area contributed by atoms with Crippen molar-refractivity contribution in [3.8, 4) is 28.7 Å². The maximum absolute atomic E-state index is 15.6. The number of carbonyl (C=O) groups is 14. The Kier molecular flexibility index (Phi) is 34.8. The van der Waals surface area contributed by atoms with Gasteiger partial charge in [0.05, 0.1) is 104 Å². The van der Waals surface area contributed by atoms with Crippen LogP contribution in [0.1, 0.15) is 201 Å². The number of aliphatic hydroxyl groups is 1. The van der Waals surface area contributed by atoms with E-state index in [1.54, 1.807) is 47.4 Å². The van der Waals surface area contributed by atoms with Crippen molar-refractivity contribution in [3.05, 3.63) is 178 Å². The van der Waals surface area contributed by atoms with Gasteiger partial charge in [0.1, 0.15) is 28.7 Å². The highest BCUT2D eigenvalue weighted by atomic mass is 16.6. The first-order valence-electron chi connectivity index (χ1n) is 48.5. The van der Waals surface area contributed by atoms with Gasteiger partial charge >= 0.3 is 12.1 Å². The molecule has 7 heterocycles. The molecular weight excluding hydrogens is 1820 g/mol. The number of nitrogens with two attached hydrogens (primary N) is 2. The summed E-state index contributed by atoms with van der Waals surface area (Å²) in [5.41, 5.74) is 15.3. The predicted molar refractivity (Wildman–Crippen MR) is 508 cm³/mol. The lowest BCUT2D eigenvalue weighted by Gasteiger charge is -2.36. The molecule has 1 saturated carbocycles. The van der Waals surface area contributed by atoms with Crippen LogP contribution in [0, 0.1) is 52.8 Å². The monoisotopic (exact) mass is 1940 g/mol. The molecular formula is C102H124N16O23. The number of ketones is 6. The van der Waals surface area contributed by atoms with Crippen molar-refractivity contribution in [1.29, 1.82) is 5.41 Å². The number of benzene rings is 5. The van der Waals surface area contributed by atoms with E-state index < -0.39 is 150 Å². The molecule has 4 aliphatic heterocycles. The quantitative estimate of drug-likeness (QED) is 0.00599. The number of hydrogen-bond acceptors (Lipinski definition) is 27. The number of aromatic nitrogens is 6. The molecule has 2 saturated heterocycles. The largest absolute Gasteiger partial charge is 0.508 e. The van der Waals surface area contributed by atoms with Crippen LogP contribution in [0.15, 0.2) is 122 Å². The number of guanidine groups is 1. The third kappa shape index (κ3) is 26.3. The molecule has 8 aromatic rings. The summed E-state index contributed by atoms with van der Waals surface area (Å²) in [4.78, 5) is 209. The van der Waals surface area contributed by atoms with Gasteiger partial charge in [-0.05, 0) is 173 Å². The van der Waals surface area contributed by atoms with E-state index in [9.17, 15) is 63.6 Å². The second kappa shape index (κ2) is 47.7. The summed E-state index contributed by atoms with van der Waals surface area (Å²) in [6.45, 7) is 4.52. The third-order valence-electron chi connectivity index (χ3n) is 27.6. The van der Waals surface area contributed by atoms with Crippen molar-refractivity contribution in [3.63, 3.8) is 0 Å². The Hall–Kier alpha value is -14.1. The topological polar surface area (TPSA) is 593 Å². The fourth-order valence-corrected chi connectivity index (χ4v) is 20.1. The summed E-state index contributed by atoms with van der Waals surface area (Å²) >= 11 is 0. The van der Waals surface area contributed by atoms with Crippen molar-refractivity contribution in [2.75, 3.05) is 59.3 Å². The lowest BCUT2D eigenvalue weighted by Crippen LogP contribution is -2.50. The van der Waals surface area contributed by atoms with Crippen molar-refractivity contribution in [2.24, 2.45) is 58.8 Å². The number of carbonyl (C=O) groups excluding carboxylic acids is 14. The molecule has 3 aromatic heterocycles. The van der Waals surface area contributed by atoms with E-state index in [4.69, 9.17) is 40.6 Å². The highest BCUT2D eigenvalue weighted by Gasteiger charge is 2.55. The van der Waals surface area contributed by atoms with E-state index in [1.165, 1.54) is 65.8 Å². The van der Waals surface area contributed by atoms with Crippen molar-refractivity contribution in [1.82, 2.24) is 66.7 Å². The number of para-hydroxylation sites is 1. The number of phenols is 3. The zero-order valence-corrected chi connectivity index (χ0v) is 79.0. The lowest BCUT2D eigenvalue weighted by molar-refractivity contribution is -0.143. The molecule has 2 aliphatic carbocycles. The molecule has 0 radical (unpaired) electrons. The average Bonchev–Trinajstić information content (AvgIpc) is 1.49. The van der Waals surface area contributed by atoms with Gasteiger partial charge in [-0.25, -0.2) is 19.3 Å². The molecule has 1 spiro atoms. The summed E-state index contributed by atoms with van der Waals surface area (Å²) in [6.07, 6.45) is 6.22. The molecule has 750 valence electrons. The van der Waals surface area contributed by atoms with E-state index in [2.05, 4.69) is 57.2 Å². The summed E-state index contributed by atoms with van der Waals surface area (Å²) in [5.74, 6) is -12.0. The summed E-state index contributed by atoms with van der Waals surface area (Å²) in [6, 6.07) is 21.1. The Bertz CT molecular complexity index is 5860. The number of nitrogens with zero attached hydrogens (tertiary/aromatic N) is 5. The number of nitrogens with one attached hydrogen (secondary N) is 9. The summed E-state index contributed by atoms with van der Waals surface area (Å²) in [5, 5.41) is 76.7. The highest BCUT2D eigenvalue weighted by Crippen LogP contribution is 2.58. The second-order valence-electron chi connectivity index (χ2n) is 37.9. The number of aliphatic hydroxyl groups excluding tert-OH is 1. The van der Waals surface area contributed by atoms with Gasteiger partial charge in [0.2, 0.25) is 35.4 Å². The zero-order valence-electron chi connectivity index (χ0n) is 79.0. The van der Waals surface area contributed by atoms with E-state index in [0.717, 1.165) is 28.7 Å². The number of aromatic amines is 2. The van der Waals surface area contributed by atoms with E-state index in [0.29, 0.717) is 77.6 Å². The molecule has 7 amide bonds. The van der Waals surface area contributed by atoms with Crippen LogP contribution in [0.2, 0.25) is 0 Å². The van der Waals surface area contributed by atoms with Gasteiger partial charge in [0, 0.05) is 167 Å². The number of aromatic hydroxyl groups is 3. The molecule has 6 aliphatic rings. The number of imidazole rings is 1. The number of amides is 7. The smallest absolute Gasteiger partial charge is 0.407 e. The molecule has 39 nitrogen and oxygen atoms in total. The van der Waals surface area contributed by atoms with E-state index in [1.807, 2.05) is 32.0 Å². The van der Waals surface area contributed by atoms with Gasteiger partial charge in [0.15, 0.2) is 46.3 Å². The fraction of sp³-hybridized carbons (Fsp3) is 0.490. The van der Waals surface area contributed by atoms with Crippen LogP contribution >= 0.6 is 0 Å². The molecule has 14 rings (SSSR count). The number of Topliss-reactive ketones (excluding diaryl/α,β-unsaturated/α-hetero) is 6. The van der Waals surface area contributed by atoms with E-state index >= 15 is 24.0 Å². The fourth-order valence-electron chi connectivity index (χ4n) is 20.1. The van der Waals surface area contributed by atoms with Crippen LogP contribution in [0.25, 0.3) is 10.9 Å². The average molecular weight is 1940 g/mol. The number of likely N-dealkylation sites (tertiary alicyclic amines) is 1. The molecule has 17 N–H and O–H groups in total. The molecule has 3 fully saturated rings. The van der Waals surface area contributed by atoms with Gasteiger partial charge < -0.3 is 102 Å². The van der Waals surface area contributed by atoms with Crippen LogP contribution in [-0.4, -0.2) is 233 Å². The normalized spacial score (nSPS) is 18.4. The third-order valence-corrected chi connectivity index (χ3v) is 27.6. The van der Waals surface area contributed by atoms with Gasteiger partial charge in [-0.3, -0.25) is 62.9 Å². The van der Waals surface area contributed by atoms with Gasteiger partial charge in [0.25, 0.3) is 0 Å². The lowest BCUT2D eigenvalue weighted by atomic mass is 9.77. The highest BCUT2D eigenvalue weighted by molar-refractivity contribution is 6.04. The first-order chi connectivity index (χ1) is 67.9. The molecule has 141 heavy (non-hydrogen) atoms. The molecule has 12 atom stereocenters. The minimum atomic E-state index is -1.55. The molecule has 39 heteroatoms. The van der Waals surface area contributed by atoms with E-state index in [-0.39, 0.29) is 231 Å². The first kappa shape index (κ1) is 103. The van der Waals surface area contributed by atoms with Gasteiger partial charge in [-0.1, -0.05) is 61.5 Å². The van der Waals surface area contributed by atoms with Crippen LogP contribution in [0.3, 0.4) is 0 Å². The predicted octanol–water partition coefficient (Wildman–Crippen LogP) is 7.00. The number of hydrogen-bond donors (Lipinski definition) is 15. The molecule has 5 aromatic carbocycles. The summed E-state index contributed by atoms with van der Waals surface area (Å²) in [7, 11) is 0. The van der Waals surface area contributed by atoms with Crippen molar-refractivity contribution >= 4 is 99.1 Å². The Labute approximate surface area is 813 Å². The maximum atomic E-state index is 15.6. The zero-order chi connectivity index (χ0) is 100. The van der Waals surface area contributed by atoms with Crippen LogP contribution in [0.4, 0.5) is 4.79 Å². The SMILES string of the molecule is CC(C)C[C@H](NC(=O)[C@@H](CCCn1nnc2c1CC[C@H]1[C@@H](CC2)[C@H]1COC(=O)NCCOCCOCCCC(=O)c1ccc2c(c1)C(=O)OC21c2ccc(O)cc2Oc2cc(O)ccc21)CC(=O)[C@H](Cc1ccc(O)cc1)NC(=O)[C@H](CO)CC(=O)[C@H](Cc1c[nH]c2ccccc12)NC(=O)[C@@H](CC(=O)[C@@H]1CCC(=O)N1)Cc1c[nH]cn1)C(=O)C[C@@H](CCCNC(=N)N)C(=O)N1CCCC1C(=O)CCC(N)=O. The number of primary amides is 1. The Morgan fingerprint density at radius 1 is 0.638 bits per heavy atom. The van der Waals surface area contributed by atoms with Crippen LogP contribution in [0.5, 0.6) is 28.7 Å². The number of esters is 1. The van der Waals surface area contributed by atoms with Crippen LogP contribution < -0.4 is 48.1 Å². The van der Waals surface area contributed by atoms with Crippen LogP contribution in [-0.2, 0) is 116 Å². The number of phenolic OH excluding ortho intramolecular Hbond substituents is 3. The van der Waals surface area contributed by atoms with Gasteiger partial charge in [-0.15, -0.1) is 5.10 Å². The number of fused-ring (bicyclic) bond motifs is 9. The number of aryl methyl sites for hydroxylation is 2. The Balaban J connectivity index is 0.607. The Morgan fingerprint density at radius 2 is 1.30 bits per heavy atom. The number of ether oxygens (including phenoxy) is 5. The van der Waals surface area contributed by atoms with Crippen molar-refractivity contribution < 1.29 is 111 Å². The summed E-state index contributed by atoms with van der Waals surface area (Å²) < 4.78 is 31.2. The standard InChI is InChI=1S/C102H124N16O23/c1-57(2)41-80(89(127)47-61(9-5-33-107-100(104)105)98(134)117-35-7-13-84(117)86(124)30-31-93(103)129)112-95(131)60(46-88(126)81(42-58-15-18-66(120)19-16-58)113-97(133)64(54-119)49-90(128)82(45-63-52-109-77-12-4-3-11-69(63)77)114-96(132)62(43-65-53-106-56-110-65)48-87(125)79-28-32-94(130)111-79)10-6-36-118-83-29-23-71-70(22-27-78(83)115-116-118)73(71)55-139-101(136)108-34-38-138-40-39-137-37-8-14-85(123)59-17-24-74-72(44-59)99(135)141-102(74)75-25-20-67(121)50-91(75)140-92-51-68(122)21-26-76(92)102/h3-4,11-12,15-21,24-26,44,50-53,56-57,60-62,64,70-71,73,79-82,84,109,119-122H,5-10,13-14,22-23,27-43,45-49,54-55H2,1-2H3,(H2,103,129)(H,106,110)(H,108,136)(H,111,130)(H,112,131)(H,113,133)(H,114,132)(H4,104,105,107)/t60-,61+,62+,64-,70+,71-,73+,79-,80-,81-,82-,84?/m0/s1. The minimum Gasteiger partial charge on any atom is -0.508 e. The first-order valence-corrected chi connectivity index (χ1v) is 48.5. The molecule has 1 unspecified atom stereocenters. The minimum absolute atomic E-state index is 0.0123. The number of rotatable bonds is 53.